The van der Waals surface area contributed by atoms with Crippen LogP contribution in [-0.4, -0.2) is 0 Å². The van der Waals surface area contributed by atoms with Gasteiger partial charge in [-0.2, -0.15) is 0 Å². The molecule has 2 aromatic rings. The molecule has 0 aliphatic rings. The van der Waals surface area contributed by atoms with Crippen LogP contribution in [0.2, 0.25) is 5.02 Å². The number of furan rings is 1. The minimum absolute atomic E-state index is 0.680. The summed E-state index contributed by atoms with van der Waals surface area (Å²) in [5.41, 5.74) is 0. The first-order valence-corrected chi connectivity index (χ1v) is 5.59. The van der Waals surface area contributed by atoms with Gasteiger partial charge in [-0.05, 0) is 34.0 Å². The van der Waals surface area contributed by atoms with E-state index in [-0.39, 0.29) is 0 Å². The first kappa shape index (κ1) is 8.59. The number of halogens is 2. The van der Waals surface area contributed by atoms with Gasteiger partial charge in [0.1, 0.15) is 6.26 Å². The van der Waals surface area contributed by atoms with Crippen LogP contribution in [0.1, 0.15) is 0 Å². The van der Waals surface area contributed by atoms with Crippen LogP contribution in [0, 0.1) is 3.57 Å². The van der Waals surface area contributed by atoms with E-state index in [0.29, 0.717) is 5.02 Å². The second-order valence-electron chi connectivity index (χ2n) is 2.20. The third-order valence-corrected chi connectivity index (χ3v) is 3.97. The van der Waals surface area contributed by atoms with Crippen molar-refractivity contribution < 1.29 is 4.42 Å². The van der Waals surface area contributed by atoms with Gasteiger partial charge in [0.2, 0.25) is 0 Å². The van der Waals surface area contributed by atoms with E-state index in [1.807, 2.05) is 17.5 Å². The molecule has 62 valence electrons. The highest BCUT2D eigenvalue weighted by molar-refractivity contribution is 14.1. The molecule has 12 heavy (non-hydrogen) atoms. The van der Waals surface area contributed by atoms with E-state index in [9.17, 15) is 0 Å². The molecule has 0 atom stereocenters. The van der Waals surface area contributed by atoms with E-state index >= 15 is 0 Å². The smallest absolute Gasteiger partial charge is 0.158 e. The molecule has 2 aromatic heterocycles. The molecule has 0 fully saturated rings. The third kappa shape index (κ3) is 1.41. The Morgan fingerprint density at radius 2 is 2.33 bits per heavy atom. The number of hydrogen-bond acceptors (Lipinski definition) is 2. The lowest BCUT2D eigenvalue weighted by molar-refractivity contribution is 0.582. The van der Waals surface area contributed by atoms with Crippen LogP contribution in [0.15, 0.2) is 28.2 Å². The Bertz CT molecular complexity index is 380. The molecule has 0 aliphatic carbocycles. The van der Waals surface area contributed by atoms with Crippen LogP contribution < -0.4 is 0 Å². The molecule has 2 heterocycles. The van der Waals surface area contributed by atoms with Crippen molar-refractivity contribution in [3.8, 4) is 10.6 Å². The zero-order chi connectivity index (χ0) is 8.55. The largest absolute Gasteiger partial charge is 0.461 e. The summed E-state index contributed by atoms with van der Waals surface area (Å²) in [4.78, 5) is 1.12. The maximum absolute atomic E-state index is 5.85. The predicted octanol–water partition coefficient (Wildman–Crippen LogP) is 4.27. The second kappa shape index (κ2) is 3.40. The topological polar surface area (TPSA) is 13.1 Å². The van der Waals surface area contributed by atoms with E-state index in [0.717, 1.165) is 14.2 Å². The van der Waals surface area contributed by atoms with Crippen LogP contribution in [-0.2, 0) is 0 Å². The average molecular weight is 311 g/mol. The Morgan fingerprint density at radius 1 is 1.50 bits per heavy atom. The van der Waals surface area contributed by atoms with Crippen molar-refractivity contribution in [1.82, 2.24) is 0 Å². The monoisotopic (exact) mass is 310 g/mol. The second-order valence-corrected chi connectivity index (χ2v) is 4.64. The number of thiophene rings is 1. The van der Waals surface area contributed by atoms with Gasteiger partial charge in [-0.1, -0.05) is 17.7 Å². The average Bonchev–Trinajstić information content (AvgIpc) is 2.64. The molecular weight excluding hydrogens is 307 g/mol. The zero-order valence-corrected chi connectivity index (χ0v) is 9.61. The lowest BCUT2D eigenvalue weighted by Gasteiger charge is -1.90. The van der Waals surface area contributed by atoms with Crippen molar-refractivity contribution in [2.75, 3.05) is 0 Å². The van der Waals surface area contributed by atoms with Gasteiger partial charge < -0.3 is 4.42 Å². The summed E-state index contributed by atoms with van der Waals surface area (Å²) in [5.74, 6) is 0.871. The molecule has 0 saturated heterocycles. The fraction of sp³-hybridized carbons (Fsp3) is 0. The van der Waals surface area contributed by atoms with Gasteiger partial charge in [0, 0.05) is 0 Å². The summed E-state index contributed by atoms with van der Waals surface area (Å²) < 4.78 is 6.29. The van der Waals surface area contributed by atoms with Gasteiger partial charge >= 0.3 is 0 Å². The van der Waals surface area contributed by atoms with Gasteiger partial charge in [0.25, 0.3) is 0 Å². The molecule has 1 nitrogen and oxygen atoms in total. The van der Waals surface area contributed by atoms with Crippen molar-refractivity contribution in [3.63, 3.8) is 0 Å². The standard InChI is InChI=1S/C8H4ClIOS/c9-5-4-11-8(7(5)10)6-2-1-3-12-6/h1-4H. The van der Waals surface area contributed by atoms with Gasteiger partial charge in [-0.25, -0.2) is 0 Å². The molecule has 0 unspecified atom stereocenters. The summed E-state index contributed by atoms with van der Waals surface area (Å²) in [5, 5.41) is 2.70. The first-order chi connectivity index (χ1) is 5.79. The van der Waals surface area contributed by atoms with E-state index in [4.69, 9.17) is 16.0 Å². The Kier molecular flexibility index (Phi) is 2.43. The molecule has 0 N–H and O–H groups in total. The van der Waals surface area contributed by atoms with Crippen molar-refractivity contribution in [2.24, 2.45) is 0 Å². The highest BCUT2D eigenvalue weighted by Crippen LogP contribution is 2.34. The van der Waals surface area contributed by atoms with Crippen molar-refractivity contribution in [2.45, 2.75) is 0 Å². The Morgan fingerprint density at radius 3 is 2.83 bits per heavy atom. The Balaban J connectivity index is 2.55. The minimum Gasteiger partial charge on any atom is -0.461 e. The van der Waals surface area contributed by atoms with E-state index in [1.54, 1.807) is 17.6 Å². The van der Waals surface area contributed by atoms with E-state index < -0.39 is 0 Å². The summed E-state index contributed by atoms with van der Waals surface area (Å²) in [6, 6.07) is 4.01. The van der Waals surface area contributed by atoms with Gasteiger partial charge in [-0.15, -0.1) is 11.3 Å². The molecular formula is C8H4ClIOS. The summed E-state index contributed by atoms with van der Waals surface area (Å²) in [6.45, 7) is 0. The highest BCUT2D eigenvalue weighted by Gasteiger charge is 2.11. The van der Waals surface area contributed by atoms with E-state index in [2.05, 4.69) is 22.6 Å². The molecule has 0 aromatic carbocycles. The molecule has 0 aliphatic heterocycles. The lowest BCUT2D eigenvalue weighted by Crippen LogP contribution is -1.69. The Labute approximate surface area is 92.5 Å². The molecule has 0 bridgehead atoms. The molecule has 0 saturated carbocycles. The zero-order valence-electron chi connectivity index (χ0n) is 5.88. The third-order valence-electron chi connectivity index (χ3n) is 1.43. The number of rotatable bonds is 1. The molecule has 0 amide bonds. The van der Waals surface area contributed by atoms with E-state index in [1.165, 1.54) is 0 Å². The summed E-state index contributed by atoms with van der Waals surface area (Å²) in [6.07, 6.45) is 1.57. The summed E-state index contributed by atoms with van der Waals surface area (Å²) >= 11 is 9.68. The van der Waals surface area contributed by atoms with Crippen molar-refractivity contribution >= 4 is 45.5 Å². The van der Waals surface area contributed by atoms with Crippen LogP contribution in [0.25, 0.3) is 10.6 Å². The van der Waals surface area contributed by atoms with Gasteiger partial charge in [-0.3, -0.25) is 0 Å². The van der Waals surface area contributed by atoms with Crippen LogP contribution in [0.3, 0.4) is 0 Å². The van der Waals surface area contributed by atoms with Crippen LogP contribution in [0.5, 0.6) is 0 Å². The first-order valence-electron chi connectivity index (χ1n) is 3.25. The fourth-order valence-electron chi connectivity index (χ4n) is 0.897. The maximum atomic E-state index is 5.85. The molecule has 2 rings (SSSR count). The maximum Gasteiger partial charge on any atom is 0.158 e. The van der Waals surface area contributed by atoms with Gasteiger partial charge in [0.15, 0.2) is 5.76 Å². The molecule has 4 heteroatoms. The lowest BCUT2D eigenvalue weighted by atomic mass is 10.4. The number of hydrogen-bond donors (Lipinski definition) is 0. The summed E-state index contributed by atoms with van der Waals surface area (Å²) in [7, 11) is 0. The predicted molar refractivity (Wildman–Crippen MR) is 59.7 cm³/mol. The van der Waals surface area contributed by atoms with Crippen LogP contribution in [0.4, 0.5) is 0 Å². The fourth-order valence-corrected chi connectivity index (χ4v) is 2.47. The quantitative estimate of drug-likeness (QED) is 0.717. The van der Waals surface area contributed by atoms with Crippen LogP contribution >= 0.6 is 45.5 Å². The van der Waals surface area contributed by atoms with Crippen molar-refractivity contribution in [1.29, 1.82) is 0 Å². The highest BCUT2D eigenvalue weighted by atomic mass is 127. The normalized spacial score (nSPS) is 10.5. The Hall–Kier alpha value is -0.000000000000000111. The van der Waals surface area contributed by atoms with Gasteiger partial charge in [0.05, 0.1) is 13.5 Å². The minimum atomic E-state index is 0.680. The molecule has 0 radical (unpaired) electrons. The SMILES string of the molecule is Clc1coc(-c2cccs2)c1I. The molecule has 0 spiro atoms. The van der Waals surface area contributed by atoms with Crippen molar-refractivity contribution in [3.05, 3.63) is 32.4 Å².